The summed E-state index contributed by atoms with van der Waals surface area (Å²) >= 11 is 1.92. The molecule has 0 saturated heterocycles. The van der Waals surface area contributed by atoms with Gasteiger partial charge in [0, 0.05) is 16.3 Å². The third kappa shape index (κ3) is 2.40. The van der Waals surface area contributed by atoms with Gasteiger partial charge in [0.2, 0.25) is 0 Å². The minimum atomic E-state index is 0.347. The van der Waals surface area contributed by atoms with Gasteiger partial charge in [-0.1, -0.05) is 13.0 Å². The Balaban J connectivity index is 1.97. The Kier molecular flexibility index (Phi) is 3.58. The van der Waals surface area contributed by atoms with Gasteiger partial charge in [0.05, 0.1) is 13.2 Å². The number of rotatable bonds is 3. The van der Waals surface area contributed by atoms with Crippen molar-refractivity contribution in [1.29, 1.82) is 0 Å². The van der Waals surface area contributed by atoms with E-state index in [1.807, 2.05) is 11.3 Å². The molecule has 1 aromatic heterocycles. The van der Waals surface area contributed by atoms with Crippen LogP contribution >= 0.6 is 11.3 Å². The van der Waals surface area contributed by atoms with E-state index >= 15 is 0 Å². The standard InChI is InChI=1S/C16H19NOS/c1-3-13-5-7-15(19-13)16-14-6-4-12(18-2)10-11(14)8-9-17-16/h4-7,10,16-17H,3,8-9H2,1-2H3. The van der Waals surface area contributed by atoms with E-state index in [9.17, 15) is 0 Å². The SMILES string of the molecule is CCc1ccc(C2NCCc3cc(OC)ccc32)s1. The van der Waals surface area contributed by atoms with Crippen LogP contribution in [-0.2, 0) is 12.8 Å². The van der Waals surface area contributed by atoms with Crippen molar-refractivity contribution in [2.75, 3.05) is 13.7 Å². The van der Waals surface area contributed by atoms with Crippen LogP contribution in [0.15, 0.2) is 30.3 Å². The smallest absolute Gasteiger partial charge is 0.119 e. The molecule has 2 heterocycles. The van der Waals surface area contributed by atoms with Gasteiger partial charge in [0.1, 0.15) is 5.75 Å². The van der Waals surface area contributed by atoms with Crippen LogP contribution in [0.25, 0.3) is 0 Å². The van der Waals surface area contributed by atoms with Crippen LogP contribution in [0.3, 0.4) is 0 Å². The minimum Gasteiger partial charge on any atom is -0.497 e. The molecule has 0 spiro atoms. The second kappa shape index (κ2) is 5.35. The van der Waals surface area contributed by atoms with E-state index in [1.165, 1.54) is 20.9 Å². The Bertz CT molecular complexity index is 576. The highest BCUT2D eigenvalue weighted by atomic mass is 32.1. The Morgan fingerprint density at radius 1 is 1.32 bits per heavy atom. The highest BCUT2D eigenvalue weighted by Crippen LogP contribution is 2.34. The van der Waals surface area contributed by atoms with Crippen molar-refractivity contribution >= 4 is 11.3 Å². The van der Waals surface area contributed by atoms with Gasteiger partial charge in [0.15, 0.2) is 0 Å². The lowest BCUT2D eigenvalue weighted by atomic mass is 9.93. The number of ether oxygens (including phenoxy) is 1. The zero-order valence-corrected chi connectivity index (χ0v) is 12.2. The molecule has 2 nitrogen and oxygen atoms in total. The molecule has 0 fully saturated rings. The molecule has 0 bridgehead atoms. The van der Waals surface area contributed by atoms with E-state index in [4.69, 9.17) is 4.74 Å². The molecule has 0 amide bonds. The minimum absolute atomic E-state index is 0.347. The predicted octanol–water partition coefficient (Wildman–Crippen LogP) is 3.55. The van der Waals surface area contributed by atoms with E-state index in [-0.39, 0.29) is 0 Å². The zero-order valence-electron chi connectivity index (χ0n) is 11.4. The third-order valence-electron chi connectivity index (χ3n) is 3.72. The first-order chi connectivity index (χ1) is 9.31. The molecule has 2 aromatic rings. The monoisotopic (exact) mass is 273 g/mol. The summed E-state index contributed by atoms with van der Waals surface area (Å²) in [7, 11) is 1.73. The predicted molar refractivity (Wildman–Crippen MR) is 80.2 cm³/mol. The quantitative estimate of drug-likeness (QED) is 0.923. The van der Waals surface area contributed by atoms with Crippen molar-refractivity contribution in [2.45, 2.75) is 25.8 Å². The van der Waals surface area contributed by atoms with Crippen LogP contribution in [0.2, 0.25) is 0 Å². The lowest BCUT2D eigenvalue weighted by molar-refractivity contribution is 0.413. The zero-order chi connectivity index (χ0) is 13.2. The topological polar surface area (TPSA) is 21.3 Å². The van der Waals surface area contributed by atoms with Crippen LogP contribution in [0.1, 0.15) is 33.8 Å². The van der Waals surface area contributed by atoms with Crippen LogP contribution in [-0.4, -0.2) is 13.7 Å². The average Bonchev–Trinajstić information content (AvgIpc) is 2.94. The Morgan fingerprint density at radius 2 is 2.21 bits per heavy atom. The van der Waals surface area contributed by atoms with E-state index in [0.29, 0.717) is 6.04 Å². The van der Waals surface area contributed by atoms with E-state index in [0.717, 1.165) is 25.1 Å². The summed E-state index contributed by atoms with van der Waals surface area (Å²) in [6.07, 6.45) is 2.20. The van der Waals surface area contributed by atoms with E-state index in [1.54, 1.807) is 7.11 Å². The summed E-state index contributed by atoms with van der Waals surface area (Å²) in [5.41, 5.74) is 2.81. The van der Waals surface area contributed by atoms with Gasteiger partial charge in [0.25, 0.3) is 0 Å². The number of aryl methyl sites for hydroxylation is 1. The van der Waals surface area contributed by atoms with Gasteiger partial charge < -0.3 is 10.1 Å². The molecular weight excluding hydrogens is 254 g/mol. The molecule has 1 aliphatic rings. The number of hydrogen-bond donors (Lipinski definition) is 1. The van der Waals surface area contributed by atoms with Crippen molar-refractivity contribution in [3.8, 4) is 5.75 Å². The number of thiophene rings is 1. The van der Waals surface area contributed by atoms with Gasteiger partial charge in [-0.05, 0) is 48.2 Å². The highest BCUT2D eigenvalue weighted by molar-refractivity contribution is 7.12. The molecule has 1 aromatic carbocycles. The number of benzene rings is 1. The van der Waals surface area contributed by atoms with Gasteiger partial charge >= 0.3 is 0 Å². The Labute approximate surface area is 118 Å². The highest BCUT2D eigenvalue weighted by Gasteiger charge is 2.22. The largest absolute Gasteiger partial charge is 0.497 e. The number of fused-ring (bicyclic) bond motifs is 1. The van der Waals surface area contributed by atoms with E-state index in [2.05, 4.69) is 42.6 Å². The summed E-state index contributed by atoms with van der Waals surface area (Å²) in [5.74, 6) is 0.958. The fourth-order valence-electron chi connectivity index (χ4n) is 2.66. The third-order valence-corrected chi connectivity index (χ3v) is 5.01. The van der Waals surface area contributed by atoms with Gasteiger partial charge in [-0.25, -0.2) is 0 Å². The lowest BCUT2D eigenvalue weighted by Gasteiger charge is -2.26. The molecule has 1 atom stereocenters. The fourth-order valence-corrected chi connectivity index (χ4v) is 3.71. The first-order valence-electron chi connectivity index (χ1n) is 6.80. The molecule has 1 N–H and O–H groups in total. The summed E-state index contributed by atoms with van der Waals surface area (Å²) in [6.45, 7) is 3.24. The molecule has 0 radical (unpaired) electrons. The van der Waals surface area contributed by atoms with Crippen LogP contribution in [0.4, 0.5) is 0 Å². The van der Waals surface area contributed by atoms with Gasteiger partial charge in [-0.3, -0.25) is 0 Å². The van der Waals surface area contributed by atoms with Crippen molar-refractivity contribution < 1.29 is 4.74 Å². The maximum Gasteiger partial charge on any atom is 0.119 e. The summed E-state index contributed by atoms with van der Waals surface area (Å²) < 4.78 is 5.32. The molecular formula is C16H19NOS. The molecule has 19 heavy (non-hydrogen) atoms. The number of hydrogen-bond acceptors (Lipinski definition) is 3. The fraction of sp³-hybridized carbons (Fsp3) is 0.375. The lowest BCUT2D eigenvalue weighted by Crippen LogP contribution is -2.29. The summed E-state index contributed by atoms with van der Waals surface area (Å²) in [6, 6.07) is 11.3. The number of methoxy groups -OCH3 is 1. The molecule has 1 unspecified atom stereocenters. The van der Waals surface area contributed by atoms with Crippen molar-refractivity contribution in [3.05, 3.63) is 51.2 Å². The maximum atomic E-state index is 5.32. The first-order valence-corrected chi connectivity index (χ1v) is 7.62. The van der Waals surface area contributed by atoms with Crippen LogP contribution in [0, 0.1) is 0 Å². The second-order valence-electron chi connectivity index (χ2n) is 4.86. The summed E-state index contributed by atoms with van der Waals surface area (Å²) in [4.78, 5) is 2.88. The van der Waals surface area contributed by atoms with Gasteiger partial charge in [-0.2, -0.15) is 0 Å². The maximum absolute atomic E-state index is 5.32. The van der Waals surface area contributed by atoms with E-state index < -0.39 is 0 Å². The molecule has 100 valence electrons. The molecule has 3 rings (SSSR count). The molecule has 3 heteroatoms. The van der Waals surface area contributed by atoms with Gasteiger partial charge in [-0.15, -0.1) is 11.3 Å². The van der Waals surface area contributed by atoms with Crippen molar-refractivity contribution in [2.24, 2.45) is 0 Å². The number of nitrogens with one attached hydrogen (secondary N) is 1. The molecule has 1 aliphatic heterocycles. The first kappa shape index (κ1) is 12.7. The molecule has 0 saturated carbocycles. The van der Waals surface area contributed by atoms with Crippen LogP contribution in [0.5, 0.6) is 5.75 Å². The Hall–Kier alpha value is -1.32. The second-order valence-corrected chi connectivity index (χ2v) is 6.06. The van der Waals surface area contributed by atoms with Crippen molar-refractivity contribution in [1.82, 2.24) is 5.32 Å². The van der Waals surface area contributed by atoms with Crippen molar-refractivity contribution in [3.63, 3.8) is 0 Å². The average molecular weight is 273 g/mol. The Morgan fingerprint density at radius 3 is 2.95 bits per heavy atom. The van der Waals surface area contributed by atoms with Crippen LogP contribution < -0.4 is 10.1 Å². The normalized spacial score (nSPS) is 18.1. The summed E-state index contributed by atoms with van der Waals surface area (Å²) in [5, 5.41) is 3.64. The molecule has 0 aliphatic carbocycles.